The molecule has 0 spiro atoms. The third kappa shape index (κ3) is 5.98. The Morgan fingerprint density at radius 3 is 2.21 bits per heavy atom. The van der Waals surface area contributed by atoms with E-state index in [1.165, 1.54) is 0 Å². The highest BCUT2D eigenvalue weighted by atomic mass is 31.3. The lowest BCUT2D eigenvalue weighted by atomic mass is 10.2. The first-order valence-corrected chi connectivity index (χ1v) is 11.3. The van der Waals surface area contributed by atoms with Gasteiger partial charge < -0.3 is 40.3 Å². The second-order valence-corrected chi connectivity index (χ2v) is 9.49. The third-order valence-electron chi connectivity index (χ3n) is 2.97. The molecule has 2 heterocycles. The molecule has 0 amide bonds. The lowest BCUT2D eigenvalue weighted by Crippen LogP contribution is -2.35. The average Bonchev–Trinajstić information content (AvgIpc) is 2.71. The molecule has 17 nitrogen and oxygen atoms in total. The maximum absolute atomic E-state index is 11.8. The summed E-state index contributed by atoms with van der Waals surface area (Å²) in [6.07, 6.45) is -6.80. The van der Waals surface area contributed by atoms with Crippen LogP contribution in [0, 0.1) is 0 Å². The first-order valence-electron chi connectivity index (χ1n) is 6.79. The van der Waals surface area contributed by atoms with Gasteiger partial charge in [-0.25, -0.2) is 18.5 Å². The van der Waals surface area contributed by atoms with Gasteiger partial charge in [-0.1, -0.05) is 0 Å². The maximum atomic E-state index is 11.8. The predicted octanol–water partition coefficient (Wildman–Crippen LogP) is -2.25. The Hall–Kier alpha value is -1.03. The van der Waals surface area contributed by atoms with Crippen LogP contribution < -0.4 is 11.4 Å². The molecule has 0 aliphatic carbocycles. The maximum Gasteiger partial charge on any atom is 0.490 e. The van der Waals surface area contributed by atoms with Crippen LogP contribution in [0.4, 0.5) is 5.82 Å². The number of aliphatic hydroxyl groups excluding tert-OH is 2. The Morgan fingerprint density at radius 2 is 1.68 bits per heavy atom. The van der Waals surface area contributed by atoms with Gasteiger partial charge in [0.15, 0.2) is 12.5 Å². The zero-order valence-electron chi connectivity index (χ0n) is 13.2. The van der Waals surface area contributed by atoms with Gasteiger partial charge in [0.05, 0.1) is 0 Å². The molecule has 1 aliphatic heterocycles. The number of phosphoric ester groups is 1. The summed E-state index contributed by atoms with van der Waals surface area (Å²) in [6.45, 7) is 0. The van der Waals surface area contributed by atoms with Crippen molar-refractivity contribution in [1.29, 1.82) is 0 Å². The molecule has 2 unspecified atom stereocenters. The Kier molecular flexibility index (Phi) is 6.65. The first-order chi connectivity index (χ1) is 12.6. The molecule has 8 N–H and O–H groups in total. The molecule has 1 aromatic rings. The quantitative estimate of drug-likeness (QED) is 0.208. The van der Waals surface area contributed by atoms with Gasteiger partial charge in [0.1, 0.15) is 18.0 Å². The number of nitrogens with zero attached hydrogens (tertiary/aromatic N) is 2. The lowest BCUT2D eigenvalue weighted by Gasteiger charge is -2.20. The Labute approximate surface area is 154 Å². The van der Waals surface area contributed by atoms with Crippen molar-refractivity contribution >= 4 is 29.3 Å². The number of ether oxygens (including phenoxy) is 1. The van der Waals surface area contributed by atoms with Crippen molar-refractivity contribution in [1.82, 2.24) is 9.55 Å². The van der Waals surface area contributed by atoms with Gasteiger partial charge in [0, 0.05) is 6.20 Å². The molecule has 6 atom stereocenters. The molecular weight excluding hydrogens is 455 g/mol. The average molecular weight is 469 g/mol. The number of hydrogen-bond donors (Lipinski definition) is 7. The van der Waals surface area contributed by atoms with E-state index in [4.69, 9.17) is 25.2 Å². The van der Waals surface area contributed by atoms with Crippen LogP contribution in [0.25, 0.3) is 0 Å². The van der Waals surface area contributed by atoms with Crippen LogP contribution >= 0.6 is 23.5 Å². The summed E-state index contributed by atoms with van der Waals surface area (Å²) in [5, 5.41) is 19.8. The second kappa shape index (κ2) is 8.01. The lowest BCUT2D eigenvalue weighted by molar-refractivity contribution is -0.135. The Bertz CT molecular complexity index is 929. The highest BCUT2D eigenvalue weighted by Crippen LogP contribution is 2.66. The standard InChI is InChI=1S/C8H14N3O14P3/c9-3-1-2-11(8(14)10-3)6-4(12)5(13)7(22-6)23-27(18,19)25-28(20,21)24-26(15,16)17/h1-2,4-7,12-13H,(H,18,19)(H,20,21)(H2,9,10,14)(H2,15,16,17)/t4-,5+,6-,7-/m1/s1. The second-order valence-electron chi connectivity index (χ2n) is 5.11. The molecule has 1 saturated heterocycles. The van der Waals surface area contributed by atoms with Gasteiger partial charge in [-0.15, -0.1) is 0 Å². The van der Waals surface area contributed by atoms with E-state index in [-0.39, 0.29) is 5.82 Å². The summed E-state index contributed by atoms with van der Waals surface area (Å²) in [5.41, 5.74) is 4.28. The summed E-state index contributed by atoms with van der Waals surface area (Å²) >= 11 is 0. The van der Waals surface area contributed by atoms with Gasteiger partial charge in [-0.05, 0) is 6.07 Å². The van der Waals surface area contributed by atoms with E-state index in [0.717, 1.165) is 12.3 Å². The van der Waals surface area contributed by atoms with E-state index in [1.54, 1.807) is 0 Å². The Balaban J connectivity index is 2.15. The minimum atomic E-state index is -5.79. The molecule has 0 saturated carbocycles. The fraction of sp³-hybridized carbons (Fsp3) is 0.500. The summed E-state index contributed by atoms with van der Waals surface area (Å²) in [4.78, 5) is 50.5. The van der Waals surface area contributed by atoms with Crippen LogP contribution in [0.2, 0.25) is 0 Å². The predicted molar refractivity (Wildman–Crippen MR) is 83.8 cm³/mol. The van der Waals surface area contributed by atoms with E-state index in [0.29, 0.717) is 4.57 Å². The molecule has 0 radical (unpaired) electrons. The number of nitrogens with two attached hydrogens (primary N) is 1. The van der Waals surface area contributed by atoms with Crippen molar-refractivity contribution in [2.45, 2.75) is 24.7 Å². The third-order valence-corrected chi connectivity index (χ3v) is 6.77. The highest BCUT2D eigenvalue weighted by Gasteiger charge is 2.50. The van der Waals surface area contributed by atoms with Crippen LogP contribution in [-0.4, -0.2) is 57.8 Å². The van der Waals surface area contributed by atoms with Crippen LogP contribution in [0.15, 0.2) is 17.1 Å². The molecule has 1 aliphatic rings. The number of anilines is 1. The van der Waals surface area contributed by atoms with Crippen molar-refractivity contribution in [3.8, 4) is 0 Å². The van der Waals surface area contributed by atoms with E-state index in [1.807, 2.05) is 0 Å². The van der Waals surface area contributed by atoms with Crippen molar-refractivity contribution in [2.75, 3.05) is 5.73 Å². The van der Waals surface area contributed by atoms with E-state index < -0.39 is 53.9 Å². The summed E-state index contributed by atoms with van der Waals surface area (Å²) in [6, 6.07) is 1.14. The van der Waals surface area contributed by atoms with Gasteiger partial charge in [-0.2, -0.15) is 13.6 Å². The molecule has 2 rings (SSSR count). The molecule has 0 bridgehead atoms. The van der Waals surface area contributed by atoms with Gasteiger partial charge >= 0.3 is 29.2 Å². The van der Waals surface area contributed by atoms with Crippen molar-refractivity contribution in [2.24, 2.45) is 0 Å². The fourth-order valence-corrected chi connectivity index (χ4v) is 5.09. The number of nitrogen functional groups attached to an aromatic ring is 1. The smallest absolute Gasteiger partial charge is 0.385 e. The number of phosphoric acid groups is 3. The normalized spacial score (nSPS) is 29.9. The molecule has 0 aromatic carbocycles. The number of hydrogen-bond acceptors (Lipinski definition) is 12. The van der Waals surface area contributed by atoms with Crippen molar-refractivity contribution in [3.63, 3.8) is 0 Å². The molecule has 20 heteroatoms. The molecule has 1 aromatic heterocycles. The topological polar surface area (TPSA) is 270 Å². The zero-order chi connectivity index (χ0) is 21.5. The van der Waals surface area contributed by atoms with Gasteiger partial charge in [0.25, 0.3) is 0 Å². The minimum absolute atomic E-state index is 0.168. The number of rotatable bonds is 7. The monoisotopic (exact) mass is 469 g/mol. The van der Waals surface area contributed by atoms with Crippen LogP contribution in [0.1, 0.15) is 6.23 Å². The van der Waals surface area contributed by atoms with Crippen LogP contribution in [0.5, 0.6) is 0 Å². The summed E-state index contributed by atoms with van der Waals surface area (Å²) in [5.74, 6) is -0.168. The van der Waals surface area contributed by atoms with Crippen molar-refractivity contribution < 1.29 is 61.4 Å². The van der Waals surface area contributed by atoms with Crippen LogP contribution in [-0.2, 0) is 31.6 Å². The van der Waals surface area contributed by atoms with Crippen molar-refractivity contribution in [3.05, 3.63) is 22.7 Å². The summed E-state index contributed by atoms with van der Waals surface area (Å²) < 4.78 is 50.4. The molecule has 1 fully saturated rings. The zero-order valence-corrected chi connectivity index (χ0v) is 15.9. The minimum Gasteiger partial charge on any atom is -0.385 e. The number of aliphatic hydroxyl groups is 2. The number of aromatic nitrogens is 2. The van der Waals surface area contributed by atoms with E-state index in [2.05, 4.69) is 18.1 Å². The SMILES string of the molecule is Nc1ccn([C@@H]2O[C@H](OP(=O)(O)OP(=O)(O)OP(=O)(O)O)[C@@H](O)[C@H]2O)c(=O)n1. The molecule has 28 heavy (non-hydrogen) atoms. The van der Waals surface area contributed by atoms with E-state index >= 15 is 0 Å². The fourth-order valence-electron chi connectivity index (χ4n) is 2.00. The van der Waals surface area contributed by atoms with Crippen LogP contribution in [0.3, 0.4) is 0 Å². The molecule has 160 valence electrons. The highest BCUT2D eigenvalue weighted by molar-refractivity contribution is 7.66. The van der Waals surface area contributed by atoms with Gasteiger partial charge in [0.2, 0.25) is 0 Å². The largest absolute Gasteiger partial charge is 0.490 e. The van der Waals surface area contributed by atoms with E-state index in [9.17, 15) is 33.6 Å². The molecular formula is C8H14N3O14P3. The first kappa shape index (κ1) is 23.3. The summed E-state index contributed by atoms with van der Waals surface area (Å²) in [7, 11) is -17.0. The van der Waals surface area contributed by atoms with Gasteiger partial charge in [-0.3, -0.25) is 9.09 Å². The Morgan fingerprint density at radius 1 is 1.07 bits per heavy atom.